The molecule has 1 aromatic carbocycles. The largest absolute Gasteiger partial charge is 0.310 e. The molecule has 0 radical (unpaired) electrons. The lowest BCUT2D eigenvalue weighted by Crippen LogP contribution is -2.28. The van der Waals surface area contributed by atoms with E-state index in [2.05, 4.69) is 39.1 Å². The Morgan fingerprint density at radius 1 is 1.21 bits per heavy atom. The van der Waals surface area contributed by atoms with Gasteiger partial charge in [0.15, 0.2) is 0 Å². The van der Waals surface area contributed by atoms with Crippen LogP contribution in [0.2, 0.25) is 0 Å². The maximum Gasteiger partial charge on any atom is 0.128 e. The summed E-state index contributed by atoms with van der Waals surface area (Å²) in [5.41, 5.74) is 3.06. The molecule has 108 valence electrons. The summed E-state index contributed by atoms with van der Waals surface area (Å²) >= 11 is 0. The van der Waals surface area contributed by atoms with Crippen LogP contribution < -0.4 is 5.32 Å². The molecular weight excluding hydrogens is 237 g/mol. The second kappa shape index (κ2) is 6.51. The molecule has 19 heavy (non-hydrogen) atoms. The van der Waals surface area contributed by atoms with Gasteiger partial charge in [0.05, 0.1) is 0 Å². The molecule has 0 saturated heterocycles. The molecule has 0 heterocycles. The summed E-state index contributed by atoms with van der Waals surface area (Å²) in [7, 11) is 0. The Kier molecular flexibility index (Phi) is 5.54. The first-order valence-electron chi connectivity index (χ1n) is 7.24. The van der Waals surface area contributed by atoms with Crippen LogP contribution in [0, 0.1) is 25.1 Å². The van der Waals surface area contributed by atoms with E-state index in [-0.39, 0.29) is 17.3 Å². The zero-order chi connectivity index (χ0) is 14.6. The predicted octanol–water partition coefficient (Wildman–Crippen LogP) is 4.92. The van der Waals surface area contributed by atoms with Crippen molar-refractivity contribution in [2.75, 3.05) is 6.54 Å². The van der Waals surface area contributed by atoms with Crippen LogP contribution in [0.3, 0.4) is 0 Å². The molecule has 0 aliphatic carbocycles. The Morgan fingerprint density at radius 2 is 1.84 bits per heavy atom. The standard InChI is InChI=1S/C17H28FN/c1-7-8-19-15(11-17(4,5)6)16-13(3)9-12(2)10-14(16)18/h9-10,15,19H,7-8,11H2,1-6H3. The van der Waals surface area contributed by atoms with Crippen LogP contribution in [-0.4, -0.2) is 6.54 Å². The third-order valence-electron chi connectivity index (χ3n) is 3.29. The summed E-state index contributed by atoms with van der Waals surface area (Å²) in [5, 5.41) is 3.50. The smallest absolute Gasteiger partial charge is 0.128 e. The minimum absolute atomic E-state index is 0.0737. The Morgan fingerprint density at radius 3 is 2.32 bits per heavy atom. The first-order valence-corrected chi connectivity index (χ1v) is 7.24. The second-order valence-corrected chi connectivity index (χ2v) is 6.75. The highest BCUT2D eigenvalue weighted by Crippen LogP contribution is 2.32. The van der Waals surface area contributed by atoms with E-state index < -0.39 is 0 Å². The van der Waals surface area contributed by atoms with Crippen LogP contribution in [0.15, 0.2) is 12.1 Å². The van der Waals surface area contributed by atoms with Crippen molar-refractivity contribution in [2.24, 2.45) is 5.41 Å². The molecule has 1 unspecified atom stereocenters. The molecule has 0 amide bonds. The lowest BCUT2D eigenvalue weighted by Gasteiger charge is -2.29. The van der Waals surface area contributed by atoms with Gasteiger partial charge in [-0.05, 0) is 55.8 Å². The first kappa shape index (κ1) is 16.2. The van der Waals surface area contributed by atoms with Crippen LogP contribution in [-0.2, 0) is 0 Å². The summed E-state index contributed by atoms with van der Waals surface area (Å²) in [6, 6.07) is 3.81. The van der Waals surface area contributed by atoms with E-state index >= 15 is 0 Å². The van der Waals surface area contributed by atoms with Gasteiger partial charge in [-0.2, -0.15) is 0 Å². The van der Waals surface area contributed by atoms with Gasteiger partial charge in [0, 0.05) is 11.6 Å². The quantitative estimate of drug-likeness (QED) is 0.797. The highest BCUT2D eigenvalue weighted by molar-refractivity contribution is 5.34. The van der Waals surface area contributed by atoms with Gasteiger partial charge in [-0.25, -0.2) is 4.39 Å². The molecule has 2 heteroatoms. The van der Waals surface area contributed by atoms with E-state index in [1.807, 2.05) is 13.8 Å². The number of benzene rings is 1. The zero-order valence-corrected chi connectivity index (χ0v) is 13.2. The number of hydrogen-bond acceptors (Lipinski definition) is 1. The lowest BCUT2D eigenvalue weighted by molar-refractivity contribution is 0.306. The molecule has 1 N–H and O–H groups in total. The minimum Gasteiger partial charge on any atom is -0.310 e. The molecule has 0 spiro atoms. The molecule has 0 bridgehead atoms. The van der Waals surface area contributed by atoms with Gasteiger partial charge >= 0.3 is 0 Å². The second-order valence-electron chi connectivity index (χ2n) is 6.75. The fraction of sp³-hybridized carbons (Fsp3) is 0.647. The van der Waals surface area contributed by atoms with Gasteiger partial charge in [-0.1, -0.05) is 33.8 Å². The van der Waals surface area contributed by atoms with E-state index in [0.717, 1.165) is 36.1 Å². The van der Waals surface area contributed by atoms with E-state index in [0.29, 0.717) is 0 Å². The Hall–Kier alpha value is -0.890. The Labute approximate surface area is 117 Å². The number of aryl methyl sites for hydroxylation is 2. The van der Waals surface area contributed by atoms with Crippen molar-refractivity contribution in [1.29, 1.82) is 0 Å². The van der Waals surface area contributed by atoms with Gasteiger partial charge < -0.3 is 5.32 Å². The van der Waals surface area contributed by atoms with Gasteiger partial charge in [-0.3, -0.25) is 0 Å². The summed E-state index contributed by atoms with van der Waals surface area (Å²) in [6.07, 6.45) is 2.00. The molecule has 1 nitrogen and oxygen atoms in total. The number of rotatable bonds is 5. The van der Waals surface area contributed by atoms with E-state index in [1.54, 1.807) is 6.07 Å². The van der Waals surface area contributed by atoms with Crippen LogP contribution in [0.4, 0.5) is 4.39 Å². The summed E-state index contributed by atoms with van der Waals surface area (Å²) in [5.74, 6) is -0.0737. The maximum atomic E-state index is 14.3. The average molecular weight is 265 g/mol. The summed E-state index contributed by atoms with van der Waals surface area (Å²) in [4.78, 5) is 0. The van der Waals surface area contributed by atoms with Crippen molar-refractivity contribution in [3.63, 3.8) is 0 Å². The molecule has 0 aliphatic heterocycles. The van der Waals surface area contributed by atoms with Gasteiger partial charge in [0.1, 0.15) is 5.82 Å². The molecule has 0 fully saturated rings. The number of hydrogen-bond donors (Lipinski definition) is 1. The molecule has 0 saturated carbocycles. The normalized spacial score (nSPS) is 13.6. The van der Waals surface area contributed by atoms with Crippen molar-refractivity contribution in [3.8, 4) is 0 Å². The molecule has 0 aliphatic rings. The van der Waals surface area contributed by atoms with Crippen LogP contribution >= 0.6 is 0 Å². The van der Waals surface area contributed by atoms with Gasteiger partial charge in [0.2, 0.25) is 0 Å². The van der Waals surface area contributed by atoms with E-state index in [4.69, 9.17) is 0 Å². The predicted molar refractivity (Wildman–Crippen MR) is 81.0 cm³/mol. The minimum atomic E-state index is -0.0737. The molecule has 1 aromatic rings. The van der Waals surface area contributed by atoms with Crippen molar-refractivity contribution >= 4 is 0 Å². The lowest BCUT2D eigenvalue weighted by atomic mass is 9.84. The number of nitrogens with one attached hydrogen (secondary N) is 1. The van der Waals surface area contributed by atoms with Crippen LogP contribution in [0.5, 0.6) is 0 Å². The monoisotopic (exact) mass is 265 g/mol. The van der Waals surface area contributed by atoms with Crippen molar-refractivity contribution in [2.45, 2.75) is 60.4 Å². The summed E-state index contributed by atoms with van der Waals surface area (Å²) in [6.45, 7) is 13.6. The molecular formula is C17H28FN. The number of halogens is 1. The molecule has 0 aromatic heterocycles. The maximum absolute atomic E-state index is 14.3. The highest BCUT2D eigenvalue weighted by Gasteiger charge is 2.23. The third kappa shape index (κ3) is 4.94. The SMILES string of the molecule is CCCNC(CC(C)(C)C)c1c(C)cc(C)cc1F. The van der Waals surface area contributed by atoms with Crippen molar-refractivity contribution < 1.29 is 4.39 Å². The first-order chi connectivity index (χ1) is 8.74. The van der Waals surface area contributed by atoms with Crippen molar-refractivity contribution in [1.82, 2.24) is 5.32 Å². The zero-order valence-electron chi connectivity index (χ0n) is 13.2. The van der Waals surface area contributed by atoms with Crippen molar-refractivity contribution in [3.05, 3.63) is 34.6 Å². The summed E-state index contributed by atoms with van der Waals surface area (Å²) < 4.78 is 14.3. The van der Waals surface area contributed by atoms with E-state index in [1.165, 1.54) is 0 Å². The average Bonchev–Trinajstić information content (AvgIpc) is 2.22. The van der Waals surface area contributed by atoms with Crippen LogP contribution in [0.1, 0.15) is 63.3 Å². The Balaban J connectivity index is 3.09. The highest BCUT2D eigenvalue weighted by atomic mass is 19.1. The topological polar surface area (TPSA) is 12.0 Å². The fourth-order valence-electron chi connectivity index (χ4n) is 2.58. The molecule has 1 rings (SSSR count). The van der Waals surface area contributed by atoms with E-state index in [9.17, 15) is 4.39 Å². The molecule has 1 atom stereocenters. The Bertz CT molecular complexity index is 395. The van der Waals surface area contributed by atoms with Gasteiger partial charge in [0.25, 0.3) is 0 Å². The van der Waals surface area contributed by atoms with Crippen LogP contribution in [0.25, 0.3) is 0 Å². The fourth-order valence-corrected chi connectivity index (χ4v) is 2.58. The third-order valence-corrected chi connectivity index (χ3v) is 3.29. The van der Waals surface area contributed by atoms with Gasteiger partial charge in [-0.15, -0.1) is 0 Å².